The van der Waals surface area contributed by atoms with E-state index >= 15 is 0 Å². The lowest BCUT2D eigenvalue weighted by Gasteiger charge is -2.33. The molecule has 0 saturated carbocycles. The third-order valence-electron chi connectivity index (χ3n) is 6.85. The lowest BCUT2D eigenvalue weighted by Crippen LogP contribution is -2.43. The van der Waals surface area contributed by atoms with Crippen LogP contribution in [0, 0.1) is 11.7 Å². The molecule has 3 aromatic carbocycles. The van der Waals surface area contributed by atoms with Gasteiger partial charge in [-0.05, 0) is 67.3 Å². The molecule has 0 aromatic heterocycles. The first kappa shape index (κ1) is 26.7. The summed E-state index contributed by atoms with van der Waals surface area (Å²) < 4.78 is 18.7. The smallest absolute Gasteiger partial charge is 0.310 e. The zero-order valence-corrected chi connectivity index (χ0v) is 22.5. The maximum atomic E-state index is 13.7. The number of hydrogen-bond donors (Lipinski definition) is 0. The van der Waals surface area contributed by atoms with Crippen molar-refractivity contribution >= 4 is 41.3 Å². The number of anilines is 1. The zero-order valence-electron chi connectivity index (χ0n) is 21.6. The minimum absolute atomic E-state index is 0.184. The number of likely N-dealkylation sites (tertiary alicyclic amines) is 1. The number of nitrogens with zero attached hydrogens (tertiary/aromatic N) is 2. The SMILES string of the molecule is CCOC(=O)C1CCCN(C(=O)c2ccc3c(c2)N(Cc2ccc(F)cc2)C(=O)/C(=C/c2ccccc2)S3)C1. The van der Waals surface area contributed by atoms with Crippen LogP contribution in [0.5, 0.6) is 0 Å². The average molecular weight is 545 g/mol. The van der Waals surface area contributed by atoms with Crippen molar-refractivity contribution in [2.45, 2.75) is 31.2 Å². The van der Waals surface area contributed by atoms with Crippen LogP contribution < -0.4 is 4.90 Å². The van der Waals surface area contributed by atoms with E-state index in [0.717, 1.165) is 22.4 Å². The van der Waals surface area contributed by atoms with Crippen LogP contribution in [0.15, 0.2) is 82.6 Å². The first-order valence-corrected chi connectivity index (χ1v) is 13.9. The van der Waals surface area contributed by atoms with Crippen LogP contribution in [0.25, 0.3) is 6.08 Å². The minimum atomic E-state index is -0.347. The average Bonchev–Trinajstić information content (AvgIpc) is 2.96. The number of esters is 1. The van der Waals surface area contributed by atoms with E-state index in [-0.39, 0.29) is 36.1 Å². The van der Waals surface area contributed by atoms with Crippen molar-refractivity contribution in [3.63, 3.8) is 0 Å². The molecule has 5 rings (SSSR count). The van der Waals surface area contributed by atoms with Crippen LogP contribution >= 0.6 is 11.8 Å². The Morgan fingerprint density at radius 2 is 1.85 bits per heavy atom. The van der Waals surface area contributed by atoms with Gasteiger partial charge in [-0.2, -0.15) is 0 Å². The molecule has 1 atom stereocenters. The van der Waals surface area contributed by atoms with Crippen LogP contribution in [0.1, 0.15) is 41.3 Å². The fraction of sp³-hybridized carbons (Fsp3) is 0.258. The van der Waals surface area contributed by atoms with Crippen molar-refractivity contribution in [3.05, 3.63) is 100 Å². The Hall–Kier alpha value is -3.91. The number of thioether (sulfide) groups is 1. The Bertz CT molecular complexity index is 1410. The molecule has 2 amide bonds. The van der Waals surface area contributed by atoms with Gasteiger partial charge in [0.25, 0.3) is 11.8 Å². The van der Waals surface area contributed by atoms with Crippen molar-refractivity contribution in [1.29, 1.82) is 0 Å². The second kappa shape index (κ2) is 11.9. The zero-order chi connectivity index (χ0) is 27.4. The maximum absolute atomic E-state index is 13.7. The van der Waals surface area contributed by atoms with Crippen LogP contribution in [0.4, 0.5) is 10.1 Å². The number of ether oxygens (including phenoxy) is 1. The first-order chi connectivity index (χ1) is 18.9. The molecule has 0 N–H and O–H groups in total. The quantitative estimate of drug-likeness (QED) is 0.285. The Balaban J connectivity index is 1.46. The van der Waals surface area contributed by atoms with Gasteiger partial charge in [0.15, 0.2) is 0 Å². The third-order valence-corrected chi connectivity index (χ3v) is 7.93. The van der Waals surface area contributed by atoms with Gasteiger partial charge in [-0.3, -0.25) is 14.4 Å². The largest absolute Gasteiger partial charge is 0.466 e. The standard InChI is InChI=1S/C31H29FN2O4S/c1-2-38-31(37)24-9-6-16-33(20-24)29(35)23-12-15-27-26(18-23)34(19-22-10-13-25(32)14-11-22)30(36)28(39-27)17-21-7-4-3-5-8-21/h3-5,7-8,10-15,17-18,24H,2,6,9,16,19-20H2,1H3/b28-17-. The topological polar surface area (TPSA) is 66.9 Å². The molecule has 39 heavy (non-hydrogen) atoms. The fourth-order valence-corrected chi connectivity index (χ4v) is 5.91. The molecule has 8 heteroatoms. The molecular weight excluding hydrogens is 515 g/mol. The van der Waals surface area contributed by atoms with E-state index in [9.17, 15) is 18.8 Å². The van der Waals surface area contributed by atoms with Gasteiger partial charge in [0.2, 0.25) is 0 Å². The van der Waals surface area contributed by atoms with Crippen LogP contribution in [-0.2, 0) is 20.9 Å². The van der Waals surface area contributed by atoms with Gasteiger partial charge in [0.1, 0.15) is 5.82 Å². The number of halogens is 1. The van der Waals surface area contributed by atoms with Crippen LogP contribution in [0.2, 0.25) is 0 Å². The summed E-state index contributed by atoms with van der Waals surface area (Å²) in [6.45, 7) is 3.18. The summed E-state index contributed by atoms with van der Waals surface area (Å²) in [5.74, 6) is -1.33. The highest BCUT2D eigenvalue weighted by Gasteiger charge is 2.33. The number of piperidine rings is 1. The molecule has 0 bridgehead atoms. The molecule has 200 valence electrons. The highest BCUT2D eigenvalue weighted by molar-refractivity contribution is 8.04. The lowest BCUT2D eigenvalue weighted by molar-refractivity contribution is -0.149. The van der Waals surface area contributed by atoms with E-state index in [0.29, 0.717) is 42.3 Å². The molecule has 1 saturated heterocycles. The van der Waals surface area contributed by atoms with E-state index in [1.165, 1.54) is 23.9 Å². The second-order valence-electron chi connectivity index (χ2n) is 9.56. The Morgan fingerprint density at radius 1 is 1.08 bits per heavy atom. The number of carbonyl (C=O) groups is 3. The van der Waals surface area contributed by atoms with E-state index < -0.39 is 0 Å². The lowest BCUT2D eigenvalue weighted by atomic mass is 9.97. The Morgan fingerprint density at radius 3 is 2.59 bits per heavy atom. The van der Waals surface area contributed by atoms with Gasteiger partial charge in [-0.1, -0.05) is 54.2 Å². The molecule has 2 heterocycles. The number of rotatable bonds is 6. The molecule has 6 nitrogen and oxygen atoms in total. The van der Waals surface area contributed by atoms with Crippen molar-refractivity contribution in [2.24, 2.45) is 5.92 Å². The monoisotopic (exact) mass is 544 g/mol. The molecule has 1 fully saturated rings. The van der Waals surface area contributed by atoms with Crippen molar-refractivity contribution < 1.29 is 23.5 Å². The summed E-state index contributed by atoms with van der Waals surface area (Å²) in [4.78, 5) is 44.3. The molecule has 3 aromatic rings. The number of hydrogen-bond acceptors (Lipinski definition) is 5. The number of carbonyl (C=O) groups excluding carboxylic acids is 3. The number of amides is 2. The number of benzene rings is 3. The molecule has 0 radical (unpaired) electrons. The molecule has 0 aliphatic carbocycles. The Labute approximate surface area is 231 Å². The highest BCUT2D eigenvalue weighted by Crippen LogP contribution is 2.43. The van der Waals surface area contributed by atoms with Crippen molar-refractivity contribution in [1.82, 2.24) is 4.90 Å². The summed E-state index contributed by atoms with van der Waals surface area (Å²) >= 11 is 1.37. The van der Waals surface area contributed by atoms with Gasteiger partial charge in [0.05, 0.1) is 29.7 Å². The van der Waals surface area contributed by atoms with Gasteiger partial charge in [0, 0.05) is 23.5 Å². The fourth-order valence-electron chi connectivity index (χ4n) is 4.87. The van der Waals surface area contributed by atoms with Crippen molar-refractivity contribution in [2.75, 3.05) is 24.6 Å². The predicted octanol–water partition coefficient (Wildman–Crippen LogP) is 5.92. The van der Waals surface area contributed by atoms with Gasteiger partial charge >= 0.3 is 5.97 Å². The predicted molar refractivity (Wildman–Crippen MR) is 150 cm³/mol. The normalized spacial score (nSPS) is 18.2. The molecule has 0 spiro atoms. The summed E-state index contributed by atoms with van der Waals surface area (Å²) in [5, 5.41) is 0. The Kier molecular flexibility index (Phi) is 8.12. The summed E-state index contributed by atoms with van der Waals surface area (Å²) in [6, 6.07) is 21.1. The van der Waals surface area contributed by atoms with Gasteiger partial charge < -0.3 is 14.5 Å². The molecule has 2 aliphatic heterocycles. The molecule has 1 unspecified atom stereocenters. The van der Waals surface area contributed by atoms with Gasteiger partial charge in [-0.15, -0.1) is 0 Å². The van der Waals surface area contributed by atoms with Crippen LogP contribution in [0.3, 0.4) is 0 Å². The van der Waals surface area contributed by atoms with E-state index in [4.69, 9.17) is 4.74 Å². The van der Waals surface area contributed by atoms with E-state index in [1.54, 1.807) is 41.0 Å². The first-order valence-electron chi connectivity index (χ1n) is 13.0. The maximum Gasteiger partial charge on any atom is 0.310 e. The third kappa shape index (κ3) is 6.06. The molecular formula is C31H29FN2O4S. The van der Waals surface area contributed by atoms with Crippen LogP contribution in [-0.4, -0.2) is 42.4 Å². The van der Waals surface area contributed by atoms with E-state index in [1.807, 2.05) is 42.5 Å². The van der Waals surface area contributed by atoms with E-state index in [2.05, 4.69) is 0 Å². The molecule has 2 aliphatic rings. The summed E-state index contributed by atoms with van der Waals surface area (Å²) in [5.41, 5.74) is 2.76. The summed E-state index contributed by atoms with van der Waals surface area (Å²) in [7, 11) is 0. The van der Waals surface area contributed by atoms with Gasteiger partial charge in [-0.25, -0.2) is 4.39 Å². The highest BCUT2D eigenvalue weighted by atomic mass is 32.2. The summed E-state index contributed by atoms with van der Waals surface area (Å²) in [6.07, 6.45) is 3.27. The second-order valence-corrected chi connectivity index (χ2v) is 10.6. The number of fused-ring (bicyclic) bond motifs is 1. The minimum Gasteiger partial charge on any atom is -0.466 e. The van der Waals surface area contributed by atoms with Crippen molar-refractivity contribution in [3.8, 4) is 0 Å².